The summed E-state index contributed by atoms with van der Waals surface area (Å²) in [4.78, 5) is 14.3. The smallest absolute Gasteiger partial charge is 0.417 e. The zero-order valence-corrected chi connectivity index (χ0v) is 15.1. The maximum Gasteiger partial charge on any atom is 0.470 e. The van der Waals surface area contributed by atoms with E-state index < -0.39 is 12.1 Å². The van der Waals surface area contributed by atoms with E-state index in [-0.39, 0.29) is 24.3 Å². The molecule has 2 aromatic rings. The molecule has 9 heteroatoms. The number of anilines is 1. The lowest BCUT2D eigenvalue weighted by Crippen LogP contribution is -2.38. The predicted molar refractivity (Wildman–Crippen MR) is 92.3 cm³/mol. The van der Waals surface area contributed by atoms with Crippen LogP contribution in [0.3, 0.4) is 0 Å². The highest BCUT2D eigenvalue weighted by atomic mass is 19.4. The van der Waals surface area contributed by atoms with Crippen LogP contribution >= 0.6 is 0 Å². The van der Waals surface area contributed by atoms with Gasteiger partial charge in [0.25, 0.3) is 0 Å². The summed E-state index contributed by atoms with van der Waals surface area (Å²) >= 11 is 0. The lowest BCUT2D eigenvalue weighted by atomic mass is 9.97. The van der Waals surface area contributed by atoms with E-state index in [1.165, 1.54) is 0 Å². The minimum atomic E-state index is -4.63. The van der Waals surface area contributed by atoms with E-state index >= 15 is 0 Å². The van der Waals surface area contributed by atoms with Gasteiger partial charge in [-0.15, -0.1) is 10.2 Å². The van der Waals surface area contributed by atoms with Gasteiger partial charge in [-0.25, -0.2) is 0 Å². The van der Waals surface area contributed by atoms with Crippen molar-refractivity contribution in [2.75, 3.05) is 25.0 Å². The molecule has 27 heavy (non-hydrogen) atoms. The molecule has 1 saturated heterocycles. The first kappa shape index (κ1) is 19.3. The molecule has 1 N–H and O–H groups in total. The number of hydrogen-bond donors (Lipinski definition) is 1. The maximum absolute atomic E-state index is 12.6. The van der Waals surface area contributed by atoms with Crippen LogP contribution in [0.4, 0.5) is 18.9 Å². The number of likely N-dealkylation sites (tertiary alicyclic amines) is 1. The number of aryl methyl sites for hydroxylation is 2. The number of carbonyl (C=O) groups excluding carboxylic acids is 1. The van der Waals surface area contributed by atoms with Crippen molar-refractivity contribution in [1.29, 1.82) is 0 Å². The van der Waals surface area contributed by atoms with Crippen molar-refractivity contribution in [3.63, 3.8) is 0 Å². The van der Waals surface area contributed by atoms with Crippen LogP contribution in [0.2, 0.25) is 0 Å². The van der Waals surface area contributed by atoms with Crippen molar-refractivity contribution in [3.8, 4) is 0 Å². The molecule has 0 saturated carbocycles. The Kier molecular flexibility index (Phi) is 5.50. The molecule has 1 aliphatic heterocycles. The Hall–Kier alpha value is -2.42. The van der Waals surface area contributed by atoms with Crippen molar-refractivity contribution in [3.05, 3.63) is 41.1 Å². The highest BCUT2D eigenvalue weighted by Crippen LogP contribution is 2.32. The van der Waals surface area contributed by atoms with Gasteiger partial charge in [-0.2, -0.15) is 13.2 Å². The van der Waals surface area contributed by atoms with Gasteiger partial charge in [-0.3, -0.25) is 9.69 Å². The molecule has 1 aliphatic rings. The molecule has 1 fully saturated rings. The van der Waals surface area contributed by atoms with Crippen molar-refractivity contribution in [2.45, 2.75) is 38.8 Å². The van der Waals surface area contributed by atoms with Crippen LogP contribution in [0.5, 0.6) is 0 Å². The Morgan fingerprint density at radius 3 is 2.59 bits per heavy atom. The zero-order chi connectivity index (χ0) is 19.6. The molecular weight excluding hydrogens is 361 g/mol. The quantitative estimate of drug-likeness (QED) is 0.876. The topological polar surface area (TPSA) is 71.3 Å². The van der Waals surface area contributed by atoms with Crippen LogP contribution in [0.25, 0.3) is 0 Å². The van der Waals surface area contributed by atoms with Crippen LogP contribution < -0.4 is 5.32 Å². The van der Waals surface area contributed by atoms with Crippen molar-refractivity contribution in [1.82, 2.24) is 15.1 Å². The van der Waals surface area contributed by atoms with E-state index in [2.05, 4.69) is 15.5 Å². The molecule has 0 atom stereocenters. The number of benzene rings is 1. The summed E-state index contributed by atoms with van der Waals surface area (Å²) in [5, 5.41) is 9.52. The van der Waals surface area contributed by atoms with E-state index in [1.807, 2.05) is 36.9 Å². The number of carbonyl (C=O) groups is 1. The number of piperidine rings is 1. The largest absolute Gasteiger partial charge is 0.470 e. The Morgan fingerprint density at radius 1 is 1.26 bits per heavy atom. The number of rotatable bonds is 4. The van der Waals surface area contributed by atoms with Crippen LogP contribution in [0.15, 0.2) is 22.6 Å². The van der Waals surface area contributed by atoms with Gasteiger partial charge in [0.05, 0.1) is 6.54 Å². The van der Waals surface area contributed by atoms with Gasteiger partial charge in [0, 0.05) is 11.6 Å². The number of alkyl halides is 3. The molecule has 3 rings (SSSR count). The predicted octanol–water partition coefficient (Wildman–Crippen LogP) is 3.52. The molecule has 0 spiro atoms. The van der Waals surface area contributed by atoms with Gasteiger partial charge in [0.1, 0.15) is 0 Å². The van der Waals surface area contributed by atoms with Crippen molar-refractivity contribution >= 4 is 11.6 Å². The molecule has 0 unspecified atom stereocenters. The maximum atomic E-state index is 12.6. The number of aromatic nitrogens is 2. The van der Waals surface area contributed by atoms with Crippen molar-refractivity contribution < 1.29 is 22.4 Å². The van der Waals surface area contributed by atoms with Crippen molar-refractivity contribution in [2.24, 2.45) is 0 Å². The molecular formula is C18H21F3N4O2. The first-order chi connectivity index (χ1) is 12.7. The van der Waals surface area contributed by atoms with E-state index in [4.69, 9.17) is 4.42 Å². The van der Waals surface area contributed by atoms with Crippen LogP contribution in [-0.4, -0.2) is 40.6 Å². The third-order valence-corrected chi connectivity index (χ3v) is 4.65. The molecule has 1 amide bonds. The number of amides is 1. The molecule has 2 heterocycles. The summed E-state index contributed by atoms with van der Waals surface area (Å²) in [6.07, 6.45) is -3.50. The third kappa shape index (κ3) is 4.85. The highest BCUT2D eigenvalue weighted by Gasteiger charge is 2.39. The SMILES string of the molecule is Cc1ccc(C)c(NC(=O)CN2CCC(c3nnc(C(F)(F)F)o3)CC2)c1. The number of nitrogens with one attached hydrogen (secondary N) is 1. The van der Waals surface area contributed by atoms with Gasteiger partial charge in [-0.1, -0.05) is 12.1 Å². The molecule has 1 aromatic carbocycles. The highest BCUT2D eigenvalue weighted by molar-refractivity contribution is 5.93. The lowest BCUT2D eigenvalue weighted by Gasteiger charge is -2.29. The molecule has 1 aromatic heterocycles. The van der Waals surface area contributed by atoms with Crippen LogP contribution in [-0.2, 0) is 11.0 Å². The van der Waals surface area contributed by atoms with Gasteiger partial charge in [-0.05, 0) is 57.0 Å². The summed E-state index contributed by atoms with van der Waals surface area (Å²) < 4.78 is 42.4. The van der Waals surface area contributed by atoms with Gasteiger partial charge in [0.15, 0.2) is 0 Å². The average molecular weight is 382 g/mol. The summed E-state index contributed by atoms with van der Waals surface area (Å²) in [6, 6.07) is 5.86. The molecule has 0 aliphatic carbocycles. The molecule has 0 bridgehead atoms. The zero-order valence-electron chi connectivity index (χ0n) is 15.1. The fraction of sp³-hybridized carbons (Fsp3) is 0.500. The molecule has 6 nitrogen and oxygen atoms in total. The number of hydrogen-bond acceptors (Lipinski definition) is 5. The Balaban J connectivity index is 1.51. The van der Waals surface area contributed by atoms with E-state index in [9.17, 15) is 18.0 Å². The summed E-state index contributed by atoms with van der Waals surface area (Å²) in [5.41, 5.74) is 2.85. The van der Waals surface area contributed by atoms with Gasteiger partial charge in [0.2, 0.25) is 11.8 Å². The van der Waals surface area contributed by atoms with E-state index in [0.29, 0.717) is 25.9 Å². The first-order valence-corrected chi connectivity index (χ1v) is 8.72. The first-order valence-electron chi connectivity index (χ1n) is 8.72. The second kappa shape index (κ2) is 7.67. The normalized spacial score (nSPS) is 16.5. The van der Waals surface area contributed by atoms with Crippen LogP contribution in [0, 0.1) is 13.8 Å². The fourth-order valence-electron chi connectivity index (χ4n) is 3.12. The Bertz CT molecular complexity index is 811. The summed E-state index contributed by atoms with van der Waals surface area (Å²) in [6.45, 7) is 5.28. The Morgan fingerprint density at radius 2 is 1.96 bits per heavy atom. The Labute approximate surface area is 154 Å². The van der Waals surface area contributed by atoms with Gasteiger partial charge < -0.3 is 9.73 Å². The average Bonchev–Trinajstić information content (AvgIpc) is 3.09. The monoisotopic (exact) mass is 382 g/mol. The number of halogens is 3. The standard InChI is InChI=1S/C18H21F3N4O2/c1-11-3-4-12(2)14(9-11)22-15(26)10-25-7-5-13(6-8-25)16-23-24-17(27-16)18(19,20)21/h3-4,9,13H,5-8,10H2,1-2H3,(H,22,26). The molecule has 0 radical (unpaired) electrons. The molecule has 146 valence electrons. The fourth-order valence-corrected chi connectivity index (χ4v) is 3.12. The number of nitrogens with zero attached hydrogens (tertiary/aromatic N) is 3. The van der Waals surface area contributed by atoms with Crippen LogP contribution in [0.1, 0.15) is 41.7 Å². The van der Waals surface area contributed by atoms with E-state index in [0.717, 1.165) is 16.8 Å². The van der Waals surface area contributed by atoms with E-state index in [1.54, 1.807) is 0 Å². The summed E-state index contributed by atoms with van der Waals surface area (Å²) in [5.74, 6) is -1.62. The lowest BCUT2D eigenvalue weighted by molar-refractivity contribution is -0.157. The summed E-state index contributed by atoms with van der Waals surface area (Å²) in [7, 11) is 0. The second-order valence-electron chi connectivity index (χ2n) is 6.86. The second-order valence-corrected chi connectivity index (χ2v) is 6.86. The minimum absolute atomic E-state index is 0.0156. The minimum Gasteiger partial charge on any atom is -0.417 e. The van der Waals surface area contributed by atoms with Gasteiger partial charge >= 0.3 is 12.1 Å². The third-order valence-electron chi connectivity index (χ3n) is 4.65.